The van der Waals surface area contributed by atoms with Gasteiger partial charge in [-0.15, -0.1) is 0 Å². The smallest absolute Gasteiger partial charge is 0.191 e. The van der Waals surface area contributed by atoms with E-state index in [1.807, 2.05) is 24.3 Å². The molecule has 0 aromatic heterocycles. The van der Waals surface area contributed by atoms with Crippen LogP contribution in [0.3, 0.4) is 0 Å². The van der Waals surface area contributed by atoms with Crippen LogP contribution in [0.2, 0.25) is 0 Å². The normalized spacial score (nSPS) is 12.5. The van der Waals surface area contributed by atoms with Gasteiger partial charge in [-0.2, -0.15) is 0 Å². The highest BCUT2D eigenvalue weighted by Crippen LogP contribution is 2.08. The van der Waals surface area contributed by atoms with E-state index >= 15 is 0 Å². The van der Waals surface area contributed by atoms with E-state index in [4.69, 9.17) is 0 Å². The van der Waals surface area contributed by atoms with Crippen molar-refractivity contribution in [3.8, 4) is 0 Å². The molecule has 0 saturated carbocycles. The van der Waals surface area contributed by atoms with Gasteiger partial charge >= 0.3 is 0 Å². The van der Waals surface area contributed by atoms with Crippen molar-refractivity contribution in [1.82, 2.24) is 10.6 Å². The van der Waals surface area contributed by atoms with Crippen molar-refractivity contribution in [2.24, 2.45) is 10.9 Å². The minimum atomic E-state index is -2.99. The molecule has 0 unspecified atom stereocenters. The van der Waals surface area contributed by atoms with Crippen LogP contribution >= 0.6 is 0 Å². The third kappa shape index (κ3) is 8.02. The van der Waals surface area contributed by atoms with Gasteiger partial charge in [0.15, 0.2) is 15.8 Å². The molecule has 0 aliphatic heterocycles. The molecule has 0 spiro atoms. The molecule has 2 N–H and O–H groups in total. The zero-order valence-corrected chi connectivity index (χ0v) is 15.4. The maximum atomic E-state index is 11.3. The number of guanidine groups is 1. The number of hydrogen-bond donors (Lipinski definition) is 2. The lowest BCUT2D eigenvalue weighted by molar-refractivity contribution is 0.481. The SMILES string of the molecule is CCC(CC)CNC(=NC)NCc1ccc(CS(C)(=O)=O)cc1. The molecule has 23 heavy (non-hydrogen) atoms. The van der Waals surface area contributed by atoms with Crippen LogP contribution in [-0.2, 0) is 22.1 Å². The number of rotatable bonds is 8. The molecule has 1 aromatic rings. The summed E-state index contributed by atoms with van der Waals surface area (Å²) in [6.07, 6.45) is 3.56. The van der Waals surface area contributed by atoms with Gasteiger partial charge in [0.1, 0.15) is 0 Å². The van der Waals surface area contributed by atoms with Crippen LogP contribution in [0.1, 0.15) is 37.8 Å². The van der Waals surface area contributed by atoms with Crippen molar-refractivity contribution in [2.75, 3.05) is 19.8 Å². The Kier molecular flexibility index (Phi) is 8.09. The molecule has 5 nitrogen and oxygen atoms in total. The highest BCUT2D eigenvalue weighted by molar-refractivity contribution is 7.89. The molecule has 0 aliphatic rings. The Morgan fingerprint density at radius 1 is 1.09 bits per heavy atom. The summed E-state index contributed by atoms with van der Waals surface area (Å²) in [5, 5.41) is 6.62. The van der Waals surface area contributed by atoms with Crippen LogP contribution in [0, 0.1) is 5.92 Å². The first-order chi connectivity index (χ1) is 10.9. The molecule has 1 rings (SSSR count). The number of sulfone groups is 1. The number of nitrogens with zero attached hydrogens (tertiary/aromatic N) is 1. The minimum absolute atomic E-state index is 0.0827. The molecule has 0 atom stereocenters. The van der Waals surface area contributed by atoms with E-state index in [0.29, 0.717) is 12.5 Å². The molecule has 6 heteroatoms. The summed E-state index contributed by atoms with van der Waals surface area (Å²) in [7, 11) is -1.22. The highest BCUT2D eigenvalue weighted by atomic mass is 32.2. The zero-order valence-electron chi connectivity index (χ0n) is 14.6. The molecular weight excluding hydrogens is 310 g/mol. The van der Waals surface area contributed by atoms with E-state index in [-0.39, 0.29) is 5.75 Å². The lowest BCUT2D eigenvalue weighted by Gasteiger charge is -2.16. The predicted octanol–water partition coefficient (Wildman–Crippen LogP) is 2.33. The summed E-state index contributed by atoms with van der Waals surface area (Å²) in [4.78, 5) is 4.22. The van der Waals surface area contributed by atoms with Crippen LogP contribution in [-0.4, -0.2) is 34.2 Å². The topological polar surface area (TPSA) is 70.6 Å². The molecular formula is C17H29N3O2S. The van der Waals surface area contributed by atoms with Crippen molar-refractivity contribution < 1.29 is 8.42 Å². The lowest BCUT2D eigenvalue weighted by Crippen LogP contribution is -2.39. The maximum absolute atomic E-state index is 11.3. The second-order valence-corrected chi connectivity index (χ2v) is 8.02. The van der Waals surface area contributed by atoms with Crippen LogP contribution in [0.5, 0.6) is 0 Å². The summed E-state index contributed by atoms with van der Waals surface area (Å²) in [5.74, 6) is 1.53. The monoisotopic (exact) mass is 339 g/mol. The average molecular weight is 340 g/mol. The number of benzene rings is 1. The van der Waals surface area contributed by atoms with Gasteiger partial charge in [-0.1, -0.05) is 51.0 Å². The minimum Gasteiger partial charge on any atom is -0.356 e. The van der Waals surface area contributed by atoms with Crippen LogP contribution in [0.15, 0.2) is 29.3 Å². The largest absolute Gasteiger partial charge is 0.356 e. The number of nitrogens with one attached hydrogen (secondary N) is 2. The number of hydrogen-bond acceptors (Lipinski definition) is 3. The fraction of sp³-hybridized carbons (Fsp3) is 0.588. The second-order valence-electron chi connectivity index (χ2n) is 5.88. The number of aliphatic imine (C=N–C) groups is 1. The molecule has 1 aromatic carbocycles. The highest BCUT2D eigenvalue weighted by Gasteiger charge is 2.06. The van der Waals surface area contributed by atoms with Gasteiger partial charge in [0.2, 0.25) is 0 Å². The van der Waals surface area contributed by atoms with Gasteiger partial charge in [-0.25, -0.2) is 8.42 Å². The fourth-order valence-corrected chi connectivity index (χ4v) is 3.08. The average Bonchev–Trinajstić information content (AvgIpc) is 2.51. The van der Waals surface area contributed by atoms with Crippen molar-refractivity contribution in [3.05, 3.63) is 35.4 Å². The first-order valence-corrected chi connectivity index (χ1v) is 10.1. The Labute approximate surface area is 140 Å². The van der Waals surface area contributed by atoms with E-state index in [2.05, 4.69) is 29.5 Å². The summed E-state index contributed by atoms with van der Waals surface area (Å²) in [6, 6.07) is 7.61. The molecule has 0 amide bonds. The Morgan fingerprint density at radius 3 is 2.13 bits per heavy atom. The predicted molar refractivity (Wildman–Crippen MR) is 97.3 cm³/mol. The Bertz CT molecular complexity index is 591. The van der Waals surface area contributed by atoms with Crippen molar-refractivity contribution >= 4 is 15.8 Å². The van der Waals surface area contributed by atoms with Crippen molar-refractivity contribution in [2.45, 2.75) is 39.0 Å². The first-order valence-electron chi connectivity index (χ1n) is 8.08. The first kappa shape index (κ1) is 19.5. The van der Waals surface area contributed by atoms with Crippen LogP contribution in [0.4, 0.5) is 0 Å². The van der Waals surface area contributed by atoms with E-state index in [1.165, 1.54) is 6.26 Å². The molecule has 0 saturated heterocycles. The molecule has 0 aliphatic carbocycles. The molecule has 0 radical (unpaired) electrons. The van der Waals surface area contributed by atoms with E-state index in [9.17, 15) is 8.42 Å². The lowest BCUT2D eigenvalue weighted by atomic mass is 10.0. The quantitative estimate of drug-likeness (QED) is 0.563. The molecule has 130 valence electrons. The van der Waals surface area contributed by atoms with Gasteiger partial charge in [-0.3, -0.25) is 4.99 Å². The summed E-state index contributed by atoms with van der Waals surface area (Å²) in [5.41, 5.74) is 1.90. The third-order valence-electron chi connectivity index (χ3n) is 3.85. The molecule has 0 bridgehead atoms. The molecule has 0 fully saturated rings. The van der Waals surface area contributed by atoms with E-state index in [1.54, 1.807) is 7.05 Å². The second kappa shape index (κ2) is 9.55. The Morgan fingerprint density at radius 2 is 1.65 bits per heavy atom. The van der Waals surface area contributed by atoms with Crippen LogP contribution < -0.4 is 10.6 Å². The van der Waals surface area contributed by atoms with Crippen molar-refractivity contribution in [1.29, 1.82) is 0 Å². The van der Waals surface area contributed by atoms with Crippen molar-refractivity contribution in [3.63, 3.8) is 0 Å². The van der Waals surface area contributed by atoms with E-state index < -0.39 is 9.84 Å². The molecule has 0 heterocycles. The van der Waals surface area contributed by atoms with Gasteiger partial charge in [0.25, 0.3) is 0 Å². The van der Waals surface area contributed by atoms with Gasteiger partial charge < -0.3 is 10.6 Å². The summed E-state index contributed by atoms with van der Waals surface area (Å²) < 4.78 is 22.6. The summed E-state index contributed by atoms with van der Waals surface area (Å²) >= 11 is 0. The van der Waals surface area contributed by atoms with E-state index in [0.717, 1.165) is 36.5 Å². The van der Waals surface area contributed by atoms with Crippen LogP contribution in [0.25, 0.3) is 0 Å². The Hall–Kier alpha value is -1.56. The van der Waals surface area contributed by atoms with Gasteiger partial charge in [-0.05, 0) is 17.0 Å². The standard InChI is InChI=1S/C17H29N3O2S/c1-5-14(6-2)11-19-17(18-3)20-12-15-7-9-16(10-8-15)13-23(4,21)22/h7-10,14H,5-6,11-13H2,1-4H3,(H2,18,19,20). The summed E-state index contributed by atoms with van der Waals surface area (Å²) in [6.45, 7) is 5.97. The zero-order chi connectivity index (χ0) is 17.3. The van der Waals surface area contributed by atoms with Gasteiger partial charge in [0.05, 0.1) is 5.75 Å². The maximum Gasteiger partial charge on any atom is 0.191 e. The third-order valence-corrected chi connectivity index (χ3v) is 4.71. The Balaban J connectivity index is 2.49. The fourth-order valence-electron chi connectivity index (χ4n) is 2.28. The van der Waals surface area contributed by atoms with Gasteiger partial charge in [0, 0.05) is 26.4 Å².